The van der Waals surface area contributed by atoms with Gasteiger partial charge in [0.1, 0.15) is 6.10 Å². The molecule has 0 aromatic carbocycles. The molecule has 1 aliphatic rings. The number of ether oxygens (including phenoxy) is 2. The normalized spacial score (nSPS) is 24.3. The molecule has 1 aliphatic carbocycles. The summed E-state index contributed by atoms with van der Waals surface area (Å²) in [5.74, 6) is 0.192. The molecule has 0 unspecified atom stereocenters. The van der Waals surface area contributed by atoms with Crippen molar-refractivity contribution in [2.45, 2.75) is 46.1 Å². The van der Waals surface area contributed by atoms with Gasteiger partial charge in [0.25, 0.3) is 0 Å². The lowest BCUT2D eigenvalue weighted by atomic mass is 9.75. The highest BCUT2D eigenvalue weighted by molar-refractivity contribution is 5.88. The average molecular weight is 320 g/mol. The van der Waals surface area contributed by atoms with Crippen molar-refractivity contribution in [2.75, 3.05) is 6.61 Å². The summed E-state index contributed by atoms with van der Waals surface area (Å²) in [7, 11) is 0. The molecule has 0 saturated heterocycles. The molecule has 23 heavy (non-hydrogen) atoms. The number of esters is 2. The van der Waals surface area contributed by atoms with Crippen LogP contribution in [-0.2, 0) is 14.3 Å². The number of hydrogen-bond donors (Lipinski definition) is 0. The van der Waals surface area contributed by atoms with Gasteiger partial charge in [-0.2, -0.15) is 0 Å². The third kappa shape index (κ3) is 5.01. The Hall–Kier alpha value is -1.98. The molecule has 126 valence electrons. The second kappa shape index (κ2) is 8.04. The number of carbonyl (C=O) groups excluding carboxylic acids is 2. The number of aromatic nitrogens is 2. The average Bonchev–Trinajstić information content (AvgIpc) is 2.53. The molecule has 1 aromatic heterocycles. The quantitative estimate of drug-likeness (QED) is 0.776. The predicted octanol–water partition coefficient (Wildman–Crippen LogP) is 2.64. The minimum atomic E-state index is -0.674. The molecule has 6 nitrogen and oxygen atoms in total. The van der Waals surface area contributed by atoms with Crippen LogP contribution in [0.1, 0.15) is 50.5 Å². The highest BCUT2D eigenvalue weighted by atomic mass is 16.6. The molecule has 1 aromatic rings. The van der Waals surface area contributed by atoms with E-state index in [4.69, 9.17) is 9.47 Å². The first kappa shape index (κ1) is 17.4. The van der Waals surface area contributed by atoms with E-state index in [1.165, 1.54) is 25.0 Å². The summed E-state index contributed by atoms with van der Waals surface area (Å²) in [6, 6.07) is 0. The van der Waals surface area contributed by atoms with Crippen molar-refractivity contribution >= 4 is 11.9 Å². The smallest absolute Gasteiger partial charge is 0.359 e. The first-order valence-corrected chi connectivity index (χ1v) is 8.10. The molecular formula is C17H24N2O4. The van der Waals surface area contributed by atoms with Gasteiger partial charge in [-0.15, -0.1) is 0 Å². The van der Waals surface area contributed by atoms with Crippen LogP contribution in [0.5, 0.6) is 0 Å². The number of hydrogen-bond acceptors (Lipinski definition) is 6. The molecule has 1 saturated carbocycles. The second-order valence-electron chi connectivity index (χ2n) is 6.52. The Morgan fingerprint density at radius 3 is 2.74 bits per heavy atom. The highest BCUT2D eigenvalue weighted by Gasteiger charge is 2.33. The van der Waals surface area contributed by atoms with Gasteiger partial charge in [-0.25, -0.2) is 14.6 Å². The number of nitrogens with zero attached hydrogens (tertiary/aromatic N) is 2. The molecule has 0 radical (unpaired) electrons. The Kier molecular flexibility index (Phi) is 6.07. The van der Waals surface area contributed by atoms with Crippen LogP contribution >= 0.6 is 0 Å². The maximum atomic E-state index is 12.0. The molecule has 0 aliphatic heterocycles. The Bertz CT molecular complexity index is 533. The molecule has 0 amide bonds. The molecule has 0 N–H and O–H groups in total. The lowest BCUT2D eigenvalue weighted by molar-refractivity contribution is -0.159. The Morgan fingerprint density at radius 2 is 2.09 bits per heavy atom. The van der Waals surface area contributed by atoms with Crippen LogP contribution in [-0.4, -0.2) is 34.6 Å². The summed E-state index contributed by atoms with van der Waals surface area (Å²) in [6.45, 7) is 6.07. The molecule has 6 heteroatoms. The standard InChI is InChI=1S/C17H24N2O4/c1-11(2)13-5-4-12(3)8-15(13)23-16(20)10-22-17(21)14-9-18-6-7-19-14/h6-7,9,11-13,15H,4-5,8,10H2,1-3H3/t12-,13+,15+/m1/s1. The van der Waals surface area contributed by atoms with E-state index in [9.17, 15) is 9.59 Å². The van der Waals surface area contributed by atoms with Crippen molar-refractivity contribution in [1.29, 1.82) is 0 Å². The van der Waals surface area contributed by atoms with Crippen LogP contribution in [0.3, 0.4) is 0 Å². The SMILES string of the molecule is CC(C)[C@@H]1CC[C@@H](C)C[C@@H]1OC(=O)COC(=O)c1cnccn1. The summed E-state index contributed by atoms with van der Waals surface area (Å²) in [6.07, 6.45) is 7.15. The van der Waals surface area contributed by atoms with Crippen molar-refractivity contribution in [1.82, 2.24) is 9.97 Å². The third-order valence-electron chi connectivity index (χ3n) is 4.34. The van der Waals surface area contributed by atoms with Crippen molar-refractivity contribution in [2.24, 2.45) is 17.8 Å². The Morgan fingerprint density at radius 1 is 1.30 bits per heavy atom. The Balaban J connectivity index is 1.84. The fourth-order valence-electron chi connectivity index (χ4n) is 3.06. The van der Waals surface area contributed by atoms with E-state index in [-0.39, 0.29) is 11.8 Å². The van der Waals surface area contributed by atoms with Crippen LogP contribution < -0.4 is 0 Å². The van der Waals surface area contributed by atoms with Crippen molar-refractivity contribution in [3.63, 3.8) is 0 Å². The second-order valence-corrected chi connectivity index (χ2v) is 6.52. The monoisotopic (exact) mass is 320 g/mol. The fraction of sp³-hybridized carbons (Fsp3) is 0.647. The maximum absolute atomic E-state index is 12.0. The molecular weight excluding hydrogens is 296 g/mol. The number of rotatable bonds is 5. The minimum absolute atomic E-state index is 0.0756. The third-order valence-corrected chi connectivity index (χ3v) is 4.34. The lowest BCUT2D eigenvalue weighted by Gasteiger charge is -2.36. The van der Waals surface area contributed by atoms with Gasteiger partial charge in [0.05, 0.1) is 6.20 Å². The minimum Gasteiger partial charge on any atom is -0.460 e. The zero-order valence-electron chi connectivity index (χ0n) is 13.9. The van der Waals surface area contributed by atoms with E-state index in [2.05, 4.69) is 30.7 Å². The van der Waals surface area contributed by atoms with Gasteiger partial charge < -0.3 is 9.47 Å². The van der Waals surface area contributed by atoms with Gasteiger partial charge in [-0.05, 0) is 30.6 Å². The zero-order chi connectivity index (χ0) is 16.8. The van der Waals surface area contributed by atoms with Crippen molar-refractivity contribution in [3.8, 4) is 0 Å². The predicted molar refractivity (Wildman–Crippen MR) is 83.5 cm³/mol. The molecule has 1 heterocycles. The first-order valence-electron chi connectivity index (χ1n) is 8.10. The van der Waals surface area contributed by atoms with Crippen LogP contribution in [0.2, 0.25) is 0 Å². The Labute approximate surface area is 136 Å². The summed E-state index contributed by atoms with van der Waals surface area (Å²) >= 11 is 0. The summed E-state index contributed by atoms with van der Waals surface area (Å²) in [5, 5.41) is 0. The van der Waals surface area contributed by atoms with Gasteiger partial charge in [-0.1, -0.05) is 27.2 Å². The first-order chi connectivity index (χ1) is 11.0. The zero-order valence-corrected chi connectivity index (χ0v) is 13.9. The number of carbonyl (C=O) groups is 2. The van der Waals surface area contributed by atoms with Gasteiger partial charge in [0, 0.05) is 12.4 Å². The van der Waals surface area contributed by atoms with E-state index in [1.807, 2.05) is 0 Å². The maximum Gasteiger partial charge on any atom is 0.359 e. The van der Waals surface area contributed by atoms with E-state index in [1.54, 1.807) is 0 Å². The van der Waals surface area contributed by atoms with Gasteiger partial charge in [-0.3, -0.25) is 4.98 Å². The molecule has 2 rings (SSSR count). The van der Waals surface area contributed by atoms with E-state index < -0.39 is 18.5 Å². The van der Waals surface area contributed by atoms with Crippen LogP contribution in [0.15, 0.2) is 18.6 Å². The van der Waals surface area contributed by atoms with E-state index in [0.717, 1.165) is 12.8 Å². The van der Waals surface area contributed by atoms with Crippen LogP contribution in [0.25, 0.3) is 0 Å². The summed E-state index contributed by atoms with van der Waals surface area (Å²) < 4.78 is 10.5. The molecule has 3 atom stereocenters. The van der Waals surface area contributed by atoms with E-state index in [0.29, 0.717) is 17.8 Å². The lowest BCUT2D eigenvalue weighted by Crippen LogP contribution is -2.36. The van der Waals surface area contributed by atoms with E-state index >= 15 is 0 Å². The fourth-order valence-corrected chi connectivity index (χ4v) is 3.06. The van der Waals surface area contributed by atoms with Gasteiger partial charge >= 0.3 is 11.9 Å². The van der Waals surface area contributed by atoms with Crippen LogP contribution in [0, 0.1) is 17.8 Å². The molecule has 0 bridgehead atoms. The van der Waals surface area contributed by atoms with Gasteiger partial charge in [0.15, 0.2) is 12.3 Å². The molecule has 0 spiro atoms. The summed E-state index contributed by atoms with van der Waals surface area (Å²) in [4.78, 5) is 31.3. The van der Waals surface area contributed by atoms with Gasteiger partial charge in [0.2, 0.25) is 0 Å². The largest absolute Gasteiger partial charge is 0.460 e. The summed E-state index contributed by atoms with van der Waals surface area (Å²) in [5.41, 5.74) is 0.0756. The van der Waals surface area contributed by atoms with Crippen molar-refractivity contribution in [3.05, 3.63) is 24.3 Å². The molecule has 1 fully saturated rings. The van der Waals surface area contributed by atoms with Crippen molar-refractivity contribution < 1.29 is 19.1 Å². The topological polar surface area (TPSA) is 78.4 Å². The van der Waals surface area contributed by atoms with Crippen LogP contribution in [0.4, 0.5) is 0 Å². The highest BCUT2D eigenvalue weighted by Crippen LogP contribution is 2.35.